The lowest BCUT2D eigenvalue weighted by molar-refractivity contribution is 0.0978. The number of allylic oxidation sites excluding steroid dienone is 1. The summed E-state index contributed by atoms with van der Waals surface area (Å²) in [7, 11) is 3.01. The van der Waals surface area contributed by atoms with Crippen molar-refractivity contribution >= 4 is 33.6 Å². The molecule has 1 aliphatic carbocycles. The van der Waals surface area contributed by atoms with E-state index in [2.05, 4.69) is 20.6 Å². The Kier molecular flexibility index (Phi) is 9.25. The number of nitrogens with one attached hydrogen (secondary N) is 4. The van der Waals surface area contributed by atoms with E-state index < -0.39 is 18.0 Å². The van der Waals surface area contributed by atoms with E-state index in [1.165, 1.54) is 42.3 Å². The SMILES string of the molecule is CN/C=C\C(=[N-])[C@H]1CC1C(=N)SC(=N)NC(=O)c1cnc(-n2ccc(C)cc2=O)cc1-c1cc(C(F)F)ncc1OC. The average Bonchev–Trinajstić information content (AvgIpc) is 3.76. The fourth-order valence-corrected chi connectivity index (χ4v) is 4.96. The molecule has 11 nitrogen and oxygen atoms in total. The summed E-state index contributed by atoms with van der Waals surface area (Å²) < 4.78 is 33.7. The van der Waals surface area contributed by atoms with E-state index in [-0.39, 0.29) is 61.6 Å². The molecule has 0 aromatic carbocycles. The van der Waals surface area contributed by atoms with Crippen LogP contribution >= 0.6 is 11.8 Å². The number of alkyl halides is 2. The second kappa shape index (κ2) is 12.9. The fraction of sp³-hybridized carbons (Fsp3) is 0.250. The predicted molar refractivity (Wildman–Crippen MR) is 158 cm³/mol. The molecule has 1 fully saturated rings. The molecule has 0 aliphatic heterocycles. The lowest BCUT2D eigenvalue weighted by Crippen LogP contribution is -2.29. The monoisotopic (exact) mass is 593 g/mol. The van der Waals surface area contributed by atoms with Crippen LogP contribution in [0, 0.1) is 29.6 Å². The minimum absolute atomic E-state index is 0.0898. The summed E-state index contributed by atoms with van der Waals surface area (Å²) >= 11 is 0.728. The highest BCUT2D eigenvalue weighted by molar-refractivity contribution is 8.26. The van der Waals surface area contributed by atoms with Gasteiger partial charge in [-0.25, -0.2) is 13.8 Å². The van der Waals surface area contributed by atoms with Crippen LogP contribution < -0.4 is 20.9 Å². The molecule has 3 aromatic heterocycles. The van der Waals surface area contributed by atoms with Crippen molar-refractivity contribution in [1.29, 1.82) is 10.8 Å². The number of amidine groups is 1. The molecule has 4 rings (SSSR count). The summed E-state index contributed by atoms with van der Waals surface area (Å²) in [6, 6.07) is 5.57. The van der Waals surface area contributed by atoms with Crippen molar-refractivity contribution < 1.29 is 18.3 Å². The number of nitrogens with zero attached hydrogens (tertiary/aromatic N) is 4. The van der Waals surface area contributed by atoms with Crippen molar-refractivity contribution in [3.63, 3.8) is 0 Å². The normalized spacial score (nSPS) is 15.9. The highest BCUT2D eigenvalue weighted by Gasteiger charge is 2.40. The minimum atomic E-state index is -2.90. The number of pyridine rings is 3. The highest BCUT2D eigenvalue weighted by Crippen LogP contribution is 2.43. The van der Waals surface area contributed by atoms with Gasteiger partial charge in [-0.15, -0.1) is 0 Å². The Bertz CT molecular complexity index is 1660. The summed E-state index contributed by atoms with van der Waals surface area (Å²) in [5.74, 6) is -1.10. The smallest absolute Gasteiger partial charge is 0.280 e. The molecule has 0 saturated heterocycles. The maximum atomic E-state index is 13.6. The number of aromatic nitrogens is 3. The predicted octanol–water partition coefficient (Wildman–Crippen LogP) is 4.30. The molecule has 0 bridgehead atoms. The van der Waals surface area contributed by atoms with E-state index in [1.54, 1.807) is 26.2 Å². The second-order valence-electron chi connectivity index (χ2n) is 9.36. The third kappa shape index (κ3) is 6.77. The van der Waals surface area contributed by atoms with Crippen LogP contribution in [0.4, 0.5) is 8.78 Å². The lowest BCUT2D eigenvalue weighted by atomic mass is 10.00. The third-order valence-electron chi connectivity index (χ3n) is 6.45. The van der Waals surface area contributed by atoms with Crippen LogP contribution in [-0.4, -0.2) is 50.5 Å². The molecule has 1 saturated carbocycles. The van der Waals surface area contributed by atoms with Crippen LogP contribution in [0.3, 0.4) is 0 Å². The van der Waals surface area contributed by atoms with E-state index in [1.807, 2.05) is 0 Å². The zero-order valence-electron chi connectivity index (χ0n) is 22.8. The number of methoxy groups -OCH3 is 1. The third-order valence-corrected chi connectivity index (χ3v) is 7.27. The summed E-state index contributed by atoms with van der Waals surface area (Å²) in [5.41, 5.74) is 0.0266. The topological polar surface area (TPSA) is 168 Å². The van der Waals surface area contributed by atoms with Gasteiger partial charge in [-0.1, -0.05) is 6.08 Å². The maximum Gasteiger partial charge on any atom is 0.280 e. The number of carbonyl (C=O) groups excluding carboxylic acids is 1. The quantitative estimate of drug-likeness (QED) is 0.212. The molecule has 4 N–H and O–H groups in total. The van der Waals surface area contributed by atoms with Crippen LogP contribution in [0.25, 0.3) is 22.4 Å². The molecule has 1 amide bonds. The molecule has 218 valence electrons. The Balaban J connectivity index is 1.65. The first-order valence-corrected chi connectivity index (χ1v) is 13.4. The van der Waals surface area contributed by atoms with Gasteiger partial charge in [0.2, 0.25) is 0 Å². The van der Waals surface area contributed by atoms with Gasteiger partial charge in [0.25, 0.3) is 17.9 Å². The van der Waals surface area contributed by atoms with Gasteiger partial charge >= 0.3 is 0 Å². The molecule has 1 aliphatic rings. The fourth-order valence-electron chi connectivity index (χ4n) is 4.18. The zero-order valence-corrected chi connectivity index (χ0v) is 23.6. The van der Waals surface area contributed by atoms with Crippen molar-refractivity contribution in [2.24, 2.45) is 11.8 Å². The number of carbonyl (C=O) groups is 1. The summed E-state index contributed by atoms with van der Waals surface area (Å²) in [6.07, 6.45) is 4.50. The lowest BCUT2D eigenvalue weighted by Gasteiger charge is -2.16. The van der Waals surface area contributed by atoms with E-state index in [4.69, 9.17) is 15.6 Å². The second-order valence-corrected chi connectivity index (χ2v) is 10.4. The number of amides is 1. The van der Waals surface area contributed by atoms with Gasteiger partial charge in [0.1, 0.15) is 17.3 Å². The Morgan fingerprint density at radius 1 is 1.21 bits per heavy atom. The molecule has 0 spiro atoms. The molecular weight excluding hydrogens is 566 g/mol. The number of hydrogen-bond acceptors (Lipinski definition) is 9. The molecule has 1 unspecified atom stereocenters. The molecular formula is C28H27F2N8O3S-. The van der Waals surface area contributed by atoms with Crippen LogP contribution in [0.15, 0.2) is 59.9 Å². The van der Waals surface area contributed by atoms with Crippen LogP contribution in [0.2, 0.25) is 0 Å². The number of ether oxygens (including phenoxy) is 1. The van der Waals surface area contributed by atoms with E-state index in [9.17, 15) is 23.8 Å². The van der Waals surface area contributed by atoms with Crippen molar-refractivity contribution in [1.82, 2.24) is 25.2 Å². The van der Waals surface area contributed by atoms with Gasteiger partial charge < -0.3 is 20.8 Å². The van der Waals surface area contributed by atoms with Gasteiger partial charge in [-0.2, -0.15) is 5.71 Å². The number of hydrogen-bond donors (Lipinski definition) is 4. The molecule has 14 heteroatoms. The molecule has 42 heavy (non-hydrogen) atoms. The van der Waals surface area contributed by atoms with Crippen LogP contribution in [-0.2, 0) is 0 Å². The average molecular weight is 594 g/mol. The summed E-state index contributed by atoms with van der Waals surface area (Å²) in [4.78, 5) is 34.0. The van der Waals surface area contributed by atoms with Crippen molar-refractivity contribution in [2.75, 3.05) is 14.2 Å². The molecule has 3 heterocycles. The first kappa shape index (κ1) is 30.2. The maximum absolute atomic E-state index is 13.6. The summed E-state index contributed by atoms with van der Waals surface area (Å²) in [6.45, 7) is 1.75. The molecule has 0 radical (unpaired) electrons. The van der Waals surface area contributed by atoms with Gasteiger partial charge in [-0.3, -0.25) is 30.0 Å². The highest BCUT2D eigenvalue weighted by atomic mass is 32.2. The van der Waals surface area contributed by atoms with E-state index in [0.29, 0.717) is 6.42 Å². The van der Waals surface area contributed by atoms with E-state index in [0.717, 1.165) is 29.6 Å². The van der Waals surface area contributed by atoms with Crippen molar-refractivity contribution in [3.05, 3.63) is 87.7 Å². The molecule has 3 aromatic rings. The Hall–Kier alpha value is -4.72. The Labute approximate surface area is 244 Å². The number of aryl methyl sites for hydroxylation is 1. The van der Waals surface area contributed by atoms with Gasteiger partial charge in [0.05, 0.1) is 23.9 Å². The first-order chi connectivity index (χ1) is 20.0. The van der Waals surface area contributed by atoms with Crippen molar-refractivity contribution in [3.8, 4) is 22.7 Å². The number of thioether (sulfide) groups is 1. The van der Waals surface area contributed by atoms with Crippen LogP contribution in [0.5, 0.6) is 5.75 Å². The van der Waals surface area contributed by atoms with E-state index >= 15 is 0 Å². The van der Waals surface area contributed by atoms with Gasteiger partial charge in [-0.05, 0) is 61.0 Å². The molecule has 2 atom stereocenters. The van der Waals surface area contributed by atoms with Crippen molar-refractivity contribution in [2.45, 2.75) is 19.8 Å². The Morgan fingerprint density at radius 3 is 2.64 bits per heavy atom. The van der Waals surface area contributed by atoms with Gasteiger partial charge in [0, 0.05) is 42.6 Å². The number of halogens is 2. The minimum Gasteiger partial charge on any atom is -0.807 e. The standard InChI is InChI=1S/C28H27F2N8O3S/c1-14-5-7-38(24(39)8-14)23-11-15(17-10-21(25(29)30)35-13-22(17)41-3)19(12-36-23)27(40)37-28(33)42-26(32)18-9-16(18)20(31)4-6-34-2/h4-8,10-13,16,18,25,32,34H,9H2,1-3H3,(H2,33,37,40)/q-1/b6-4-,32-26?/t16-,18?/m0/s1. The Morgan fingerprint density at radius 2 is 1.98 bits per heavy atom. The van der Waals surface area contributed by atoms with Gasteiger partial charge in [0.15, 0.2) is 5.17 Å². The number of rotatable bonds is 9. The van der Waals surface area contributed by atoms with Crippen LogP contribution in [0.1, 0.15) is 34.5 Å². The summed E-state index contributed by atoms with van der Waals surface area (Å²) in [5, 5.41) is 31.6. The zero-order chi connectivity index (χ0) is 30.6. The first-order valence-electron chi connectivity index (χ1n) is 12.6. The largest absolute Gasteiger partial charge is 0.807 e.